The number of morpholine rings is 1. The lowest BCUT2D eigenvalue weighted by Crippen LogP contribution is -2.44. The molecule has 1 aliphatic carbocycles. The highest BCUT2D eigenvalue weighted by atomic mass is 16.5. The molecule has 2 aliphatic rings. The largest absolute Gasteiger partial charge is 0.396 e. The van der Waals surface area contributed by atoms with Crippen molar-refractivity contribution in [2.45, 2.75) is 12.8 Å². The topological polar surface area (TPSA) is 32.7 Å². The van der Waals surface area contributed by atoms with Gasteiger partial charge in [0, 0.05) is 26.2 Å². The highest BCUT2D eigenvalue weighted by Gasteiger charge is 2.31. The summed E-state index contributed by atoms with van der Waals surface area (Å²) in [4.78, 5) is 2.47. The van der Waals surface area contributed by atoms with Crippen molar-refractivity contribution in [1.82, 2.24) is 4.90 Å². The predicted molar refractivity (Wildman–Crippen MR) is 50.6 cm³/mol. The summed E-state index contributed by atoms with van der Waals surface area (Å²) < 4.78 is 5.30. The van der Waals surface area contributed by atoms with E-state index < -0.39 is 0 Å². The van der Waals surface area contributed by atoms with E-state index in [0.717, 1.165) is 32.2 Å². The molecular weight excluding hydrogens is 166 g/mol. The van der Waals surface area contributed by atoms with Gasteiger partial charge in [0.2, 0.25) is 0 Å². The van der Waals surface area contributed by atoms with E-state index >= 15 is 0 Å². The van der Waals surface area contributed by atoms with Gasteiger partial charge in [0.05, 0.1) is 13.2 Å². The van der Waals surface area contributed by atoms with Gasteiger partial charge in [-0.3, -0.25) is 4.90 Å². The Morgan fingerprint density at radius 1 is 1.15 bits per heavy atom. The van der Waals surface area contributed by atoms with E-state index in [1.54, 1.807) is 0 Å². The zero-order chi connectivity index (χ0) is 9.10. The second kappa shape index (κ2) is 4.40. The van der Waals surface area contributed by atoms with Crippen LogP contribution in [0.3, 0.4) is 0 Å². The highest BCUT2D eigenvalue weighted by molar-refractivity contribution is 4.83. The highest BCUT2D eigenvalue weighted by Crippen LogP contribution is 2.34. The minimum absolute atomic E-state index is 0.384. The Labute approximate surface area is 79.7 Å². The lowest BCUT2D eigenvalue weighted by atomic mass is 9.74. The smallest absolute Gasteiger partial charge is 0.0594 e. The third kappa shape index (κ3) is 2.22. The maximum absolute atomic E-state index is 9.04. The molecule has 76 valence electrons. The normalized spacial score (nSPS) is 35.8. The fourth-order valence-electron chi connectivity index (χ4n) is 2.23. The molecule has 0 aromatic heterocycles. The van der Waals surface area contributed by atoms with E-state index in [1.165, 1.54) is 19.4 Å². The molecule has 0 bridgehead atoms. The van der Waals surface area contributed by atoms with Gasteiger partial charge in [0.15, 0.2) is 0 Å². The summed E-state index contributed by atoms with van der Waals surface area (Å²) in [5.41, 5.74) is 0. The molecule has 1 saturated heterocycles. The van der Waals surface area contributed by atoms with Gasteiger partial charge in [0.25, 0.3) is 0 Å². The van der Waals surface area contributed by atoms with Gasteiger partial charge in [0.1, 0.15) is 0 Å². The minimum atomic E-state index is 0.384. The molecule has 13 heavy (non-hydrogen) atoms. The fraction of sp³-hybridized carbons (Fsp3) is 1.00. The van der Waals surface area contributed by atoms with Crippen molar-refractivity contribution in [3.8, 4) is 0 Å². The molecule has 3 nitrogen and oxygen atoms in total. The lowest BCUT2D eigenvalue weighted by molar-refractivity contribution is 0.00251. The third-order valence-electron chi connectivity index (χ3n) is 3.41. The monoisotopic (exact) mass is 185 g/mol. The van der Waals surface area contributed by atoms with Crippen LogP contribution < -0.4 is 0 Å². The Hall–Kier alpha value is -0.120. The van der Waals surface area contributed by atoms with Gasteiger partial charge in [-0.15, -0.1) is 0 Å². The first-order chi connectivity index (χ1) is 6.40. The van der Waals surface area contributed by atoms with E-state index in [0.29, 0.717) is 12.5 Å². The minimum Gasteiger partial charge on any atom is -0.396 e. The van der Waals surface area contributed by atoms with Crippen LogP contribution >= 0.6 is 0 Å². The van der Waals surface area contributed by atoms with Crippen LogP contribution in [0.1, 0.15) is 12.8 Å². The predicted octanol–water partition coefficient (Wildman–Crippen LogP) is 0.337. The Bertz CT molecular complexity index is 155. The first-order valence-electron chi connectivity index (χ1n) is 5.31. The van der Waals surface area contributed by atoms with Gasteiger partial charge >= 0.3 is 0 Å². The average molecular weight is 185 g/mol. The maximum Gasteiger partial charge on any atom is 0.0594 e. The molecule has 2 unspecified atom stereocenters. The zero-order valence-corrected chi connectivity index (χ0v) is 8.11. The molecule has 0 aromatic rings. The van der Waals surface area contributed by atoms with Crippen LogP contribution in [0, 0.1) is 11.8 Å². The SMILES string of the molecule is OCC1CCC1CN1CCOCC1. The molecule has 1 saturated carbocycles. The van der Waals surface area contributed by atoms with Crippen LogP contribution in [0.15, 0.2) is 0 Å². The molecule has 1 aliphatic heterocycles. The number of ether oxygens (including phenoxy) is 1. The van der Waals surface area contributed by atoms with Gasteiger partial charge < -0.3 is 9.84 Å². The molecule has 0 radical (unpaired) electrons. The molecule has 0 spiro atoms. The van der Waals surface area contributed by atoms with Crippen molar-refractivity contribution in [3.63, 3.8) is 0 Å². The summed E-state index contributed by atoms with van der Waals surface area (Å²) in [6, 6.07) is 0. The number of rotatable bonds is 3. The molecule has 3 heteroatoms. The second-order valence-corrected chi connectivity index (χ2v) is 4.19. The van der Waals surface area contributed by atoms with E-state index in [-0.39, 0.29) is 0 Å². The van der Waals surface area contributed by atoms with Gasteiger partial charge in [-0.2, -0.15) is 0 Å². The Morgan fingerprint density at radius 2 is 1.85 bits per heavy atom. The van der Waals surface area contributed by atoms with Crippen LogP contribution in [-0.4, -0.2) is 49.5 Å². The summed E-state index contributed by atoms with van der Waals surface area (Å²) in [7, 11) is 0. The first kappa shape index (κ1) is 9.44. The molecule has 1 N–H and O–H groups in total. The Kier molecular flexibility index (Phi) is 3.19. The summed E-state index contributed by atoms with van der Waals surface area (Å²) in [6.07, 6.45) is 2.54. The number of aliphatic hydroxyl groups excluding tert-OH is 1. The van der Waals surface area contributed by atoms with Crippen molar-refractivity contribution >= 4 is 0 Å². The van der Waals surface area contributed by atoms with E-state index in [1.807, 2.05) is 0 Å². The number of nitrogens with zero attached hydrogens (tertiary/aromatic N) is 1. The number of aliphatic hydroxyl groups is 1. The van der Waals surface area contributed by atoms with Crippen LogP contribution in [0.25, 0.3) is 0 Å². The lowest BCUT2D eigenvalue weighted by Gasteiger charge is -2.40. The van der Waals surface area contributed by atoms with Crippen molar-refractivity contribution in [1.29, 1.82) is 0 Å². The van der Waals surface area contributed by atoms with E-state index in [9.17, 15) is 0 Å². The molecule has 0 amide bonds. The number of hydrogen-bond acceptors (Lipinski definition) is 3. The summed E-state index contributed by atoms with van der Waals surface area (Å²) >= 11 is 0. The van der Waals surface area contributed by atoms with Crippen molar-refractivity contribution in [2.24, 2.45) is 11.8 Å². The molecular formula is C10H19NO2. The molecule has 2 fully saturated rings. The van der Waals surface area contributed by atoms with Crippen molar-refractivity contribution in [3.05, 3.63) is 0 Å². The molecule has 2 atom stereocenters. The molecule has 2 rings (SSSR count). The van der Waals surface area contributed by atoms with Crippen LogP contribution in [0.2, 0.25) is 0 Å². The van der Waals surface area contributed by atoms with Crippen LogP contribution in [-0.2, 0) is 4.74 Å². The van der Waals surface area contributed by atoms with E-state index in [2.05, 4.69) is 4.90 Å². The quantitative estimate of drug-likeness (QED) is 0.688. The zero-order valence-electron chi connectivity index (χ0n) is 8.11. The van der Waals surface area contributed by atoms with Crippen LogP contribution in [0.5, 0.6) is 0 Å². The Morgan fingerprint density at radius 3 is 2.38 bits per heavy atom. The maximum atomic E-state index is 9.04. The summed E-state index contributed by atoms with van der Waals surface area (Å²) in [6.45, 7) is 5.49. The fourth-order valence-corrected chi connectivity index (χ4v) is 2.23. The number of hydrogen-bond donors (Lipinski definition) is 1. The molecule has 1 heterocycles. The van der Waals surface area contributed by atoms with Crippen molar-refractivity contribution < 1.29 is 9.84 Å². The average Bonchev–Trinajstić information content (AvgIpc) is 2.15. The summed E-state index contributed by atoms with van der Waals surface area (Å²) in [5.74, 6) is 1.34. The van der Waals surface area contributed by atoms with Gasteiger partial charge in [-0.05, 0) is 24.7 Å². The molecule has 0 aromatic carbocycles. The third-order valence-corrected chi connectivity index (χ3v) is 3.41. The Balaban J connectivity index is 1.70. The first-order valence-corrected chi connectivity index (χ1v) is 5.31. The van der Waals surface area contributed by atoms with Gasteiger partial charge in [-0.1, -0.05) is 0 Å². The summed E-state index contributed by atoms with van der Waals surface area (Å²) in [5, 5.41) is 9.04. The van der Waals surface area contributed by atoms with E-state index in [4.69, 9.17) is 9.84 Å². The second-order valence-electron chi connectivity index (χ2n) is 4.19. The van der Waals surface area contributed by atoms with Crippen molar-refractivity contribution in [2.75, 3.05) is 39.5 Å². The van der Waals surface area contributed by atoms with Crippen LogP contribution in [0.4, 0.5) is 0 Å². The van der Waals surface area contributed by atoms with Gasteiger partial charge in [-0.25, -0.2) is 0 Å². The standard InChI is InChI=1S/C10H19NO2/c12-8-10-2-1-9(10)7-11-3-5-13-6-4-11/h9-10,12H,1-8H2.